The van der Waals surface area contributed by atoms with Crippen LogP contribution in [0.4, 0.5) is 0 Å². The van der Waals surface area contributed by atoms with E-state index in [1.54, 1.807) is 12.3 Å². The normalized spacial score (nSPS) is 16.1. The fourth-order valence-corrected chi connectivity index (χ4v) is 3.23. The molecular weight excluding hydrogens is 278 g/mol. The summed E-state index contributed by atoms with van der Waals surface area (Å²) in [7, 11) is 1.35. The molecule has 0 amide bonds. The predicted molar refractivity (Wildman–Crippen MR) is 76.6 cm³/mol. The minimum Gasteiger partial charge on any atom is -0.465 e. The van der Waals surface area contributed by atoms with Crippen LogP contribution < -0.4 is 0 Å². The summed E-state index contributed by atoms with van der Waals surface area (Å²) in [5.74, 6) is -0.292. The van der Waals surface area contributed by atoms with Gasteiger partial charge in [-0.1, -0.05) is 0 Å². The molecule has 20 heavy (non-hydrogen) atoms. The second kappa shape index (κ2) is 6.97. The predicted octanol–water partition coefficient (Wildman–Crippen LogP) is 1.75. The van der Waals surface area contributed by atoms with Crippen molar-refractivity contribution >= 4 is 23.1 Å². The zero-order chi connectivity index (χ0) is 14.5. The highest BCUT2D eigenvalue weighted by atomic mass is 32.1. The summed E-state index contributed by atoms with van der Waals surface area (Å²) in [6.07, 6.45) is 0.474. The molecule has 2 rings (SSSR count). The number of thiophene rings is 1. The van der Waals surface area contributed by atoms with Crippen LogP contribution in [0.25, 0.3) is 0 Å². The molecule has 1 aromatic heterocycles. The van der Waals surface area contributed by atoms with E-state index >= 15 is 0 Å². The second-order valence-electron chi connectivity index (χ2n) is 4.72. The Morgan fingerprint density at radius 3 is 2.75 bits per heavy atom. The molecule has 110 valence electrons. The van der Waals surface area contributed by atoms with Crippen LogP contribution >= 0.6 is 11.3 Å². The molecule has 5 nitrogen and oxygen atoms in total. The minimum absolute atomic E-state index is 0.0918. The van der Waals surface area contributed by atoms with Gasteiger partial charge in [0.05, 0.1) is 30.8 Å². The molecule has 0 N–H and O–H groups in total. The number of hydrogen-bond acceptors (Lipinski definition) is 6. The van der Waals surface area contributed by atoms with E-state index in [0.29, 0.717) is 16.9 Å². The number of rotatable bonds is 5. The highest BCUT2D eigenvalue weighted by Gasteiger charge is 2.20. The van der Waals surface area contributed by atoms with E-state index < -0.39 is 0 Å². The van der Waals surface area contributed by atoms with E-state index in [4.69, 9.17) is 9.47 Å². The van der Waals surface area contributed by atoms with Gasteiger partial charge in [-0.25, -0.2) is 4.79 Å². The lowest BCUT2D eigenvalue weighted by Crippen LogP contribution is -2.37. The number of nitrogens with zero attached hydrogens (tertiary/aromatic N) is 1. The van der Waals surface area contributed by atoms with Gasteiger partial charge in [0.25, 0.3) is 0 Å². The maximum Gasteiger partial charge on any atom is 0.338 e. The summed E-state index contributed by atoms with van der Waals surface area (Å²) in [5, 5.41) is 1.70. The Morgan fingerprint density at radius 2 is 2.10 bits per heavy atom. The number of ketones is 1. The van der Waals surface area contributed by atoms with Crippen LogP contribution in [0.5, 0.6) is 0 Å². The van der Waals surface area contributed by atoms with Crippen LogP contribution in [0, 0.1) is 6.92 Å². The van der Waals surface area contributed by atoms with Crippen molar-refractivity contribution in [3.63, 3.8) is 0 Å². The Bertz CT molecular complexity index is 491. The number of Topliss-reactive ketones (excluding diaryl/α,β-unsaturated/α-hetero) is 1. The number of esters is 1. The molecule has 1 fully saturated rings. The monoisotopic (exact) mass is 297 g/mol. The molecule has 0 atom stereocenters. The van der Waals surface area contributed by atoms with Crippen molar-refractivity contribution in [2.75, 3.05) is 40.0 Å². The van der Waals surface area contributed by atoms with Crippen LogP contribution in [0.3, 0.4) is 0 Å². The van der Waals surface area contributed by atoms with Gasteiger partial charge in [-0.2, -0.15) is 0 Å². The number of hydrogen-bond donors (Lipinski definition) is 0. The van der Waals surface area contributed by atoms with Crippen molar-refractivity contribution in [2.45, 2.75) is 13.3 Å². The first-order chi connectivity index (χ1) is 9.63. The molecule has 0 bridgehead atoms. The quantitative estimate of drug-likeness (QED) is 0.612. The molecule has 2 heterocycles. The average Bonchev–Trinajstić information content (AvgIpc) is 2.87. The van der Waals surface area contributed by atoms with Gasteiger partial charge in [0.1, 0.15) is 0 Å². The third-order valence-electron chi connectivity index (χ3n) is 3.46. The van der Waals surface area contributed by atoms with Gasteiger partial charge in [-0.15, -0.1) is 11.3 Å². The lowest BCUT2D eigenvalue weighted by molar-refractivity contribution is 0.0370. The van der Waals surface area contributed by atoms with Crippen LogP contribution in [-0.2, 0) is 9.47 Å². The summed E-state index contributed by atoms with van der Waals surface area (Å²) in [5.41, 5.74) is 1.22. The fraction of sp³-hybridized carbons (Fsp3) is 0.571. The van der Waals surface area contributed by atoms with Crippen LogP contribution in [0.15, 0.2) is 5.38 Å². The van der Waals surface area contributed by atoms with Gasteiger partial charge in [0, 0.05) is 31.4 Å². The standard InChI is InChI=1S/C14H19NO4S/c1-10-11(14(17)18-2)9-20-13(10)12(16)3-4-15-5-7-19-8-6-15/h9H,3-8H2,1-2H3. The molecule has 0 aromatic carbocycles. The summed E-state index contributed by atoms with van der Waals surface area (Å²) >= 11 is 1.32. The minimum atomic E-state index is -0.383. The summed E-state index contributed by atoms with van der Waals surface area (Å²) in [4.78, 5) is 26.7. The van der Waals surface area contributed by atoms with E-state index in [9.17, 15) is 9.59 Å². The molecule has 1 saturated heterocycles. The van der Waals surface area contributed by atoms with Gasteiger partial charge in [0.15, 0.2) is 5.78 Å². The number of methoxy groups -OCH3 is 1. The van der Waals surface area contributed by atoms with Gasteiger partial charge >= 0.3 is 5.97 Å². The van der Waals surface area contributed by atoms with E-state index in [1.807, 2.05) is 0 Å². The van der Waals surface area contributed by atoms with Crippen molar-refractivity contribution in [3.05, 3.63) is 21.4 Å². The van der Waals surface area contributed by atoms with Crippen LogP contribution in [0.1, 0.15) is 32.0 Å². The molecule has 0 aliphatic carbocycles. The molecule has 1 aliphatic rings. The SMILES string of the molecule is COC(=O)c1csc(C(=O)CCN2CCOCC2)c1C. The van der Waals surface area contributed by atoms with Crippen LogP contribution in [0.2, 0.25) is 0 Å². The Kier molecular flexibility index (Phi) is 5.28. The molecule has 1 aliphatic heterocycles. The van der Waals surface area contributed by atoms with E-state index in [2.05, 4.69) is 4.90 Å². The largest absolute Gasteiger partial charge is 0.465 e. The molecule has 1 aromatic rings. The first kappa shape index (κ1) is 15.2. The maximum atomic E-state index is 12.2. The van der Waals surface area contributed by atoms with Crippen molar-refractivity contribution in [3.8, 4) is 0 Å². The van der Waals surface area contributed by atoms with E-state index in [-0.39, 0.29) is 11.8 Å². The summed E-state index contributed by atoms with van der Waals surface area (Å²) in [6.45, 7) is 5.77. The highest BCUT2D eigenvalue weighted by Crippen LogP contribution is 2.24. The third-order valence-corrected chi connectivity index (χ3v) is 4.58. The Labute approximate surface area is 122 Å². The summed E-state index contributed by atoms with van der Waals surface area (Å²) in [6, 6.07) is 0. The Morgan fingerprint density at radius 1 is 1.40 bits per heavy atom. The topological polar surface area (TPSA) is 55.8 Å². The van der Waals surface area contributed by atoms with E-state index in [1.165, 1.54) is 18.4 Å². The first-order valence-corrected chi connectivity index (χ1v) is 7.51. The van der Waals surface area contributed by atoms with Crippen molar-refractivity contribution < 1.29 is 19.1 Å². The van der Waals surface area contributed by atoms with Gasteiger partial charge < -0.3 is 9.47 Å². The molecule has 0 spiro atoms. The zero-order valence-corrected chi connectivity index (χ0v) is 12.6. The first-order valence-electron chi connectivity index (χ1n) is 6.63. The second-order valence-corrected chi connectivity index (χ2v) is 5.60. The average molecular weight is 297 g/mol. The Balaban J connectivity index is 1.95. The number of carbonyl (C=O) groups is 2. The smallest absolute Gasteiger partial charge is 0.338 e. The number of ether oxygens (including phenoxy) is 2. The third kappa shape index (κ3) is 3.45. The maximum absolute atomic E-state index is 12.2. The van der Waals surface area contributed by atoms with Crippen molar-refractivity contribution in [1.29, 1.82) is 0 Å². The molecule has 0 unspecified atom stereocenters. The van der Waals surface area contributed by atoms with Crippen LogP contribution in [-0.4, -0.2) is 56.6 Å². The lowest BCUT2D eigenvalue weighted by atomic mass is 10.1. The van der Waals surface area contributed by atoms with Gasteiger partial charge in [-0.05, 0) is 12.5 Å². The highest BCUT2D eigenvalue weighted by molar-refractivity contribution is 7.12. The lowest BCUT2D eigenvalue weighted by Gasteiger charge is -2.26. The molecule has 0 radical (unpaired) electrons. The molecular formula is C14H19NO4S. The van der Waals surface area contributed by atoms with Gasteiger partial charge in [-0.3, -0.25) is 9.69 Å². The molecule has 6 heteroatoms. The van der Waals surface area contributed by atoms with Crippen molar-refractivity contribution in [2.24, 2.45) is 0 Å². The fourth-order valence-electron chi connectivity index (χ4n) is 2.20. The van der Waals surface area contributed by atoms with Crippen molar-refractivity contribution in [1.82, 2.24) is 4.90 Å². The number of morpholine rings is 1. The van der Waals surface area contributed by atoms with Gasteiger partial charge in [0.2, 0.25) is 0 Å². The zero-order valence-electron chi connectivity index (χ0n) is 11.8. The number of carbonyl (C=O) groups excluding carboxylic acids is 2. The molecule has 0 saturated carbocycles. The summed E-state index contributed by atoms with van der Waals surface area (Å²) < 4.78 is 9.98. The van der Waals surface area contributed by atoms with E-state index in [0.717, 1.165) is 38.4 Å². The Hall–Kier alpha value is -1.24.